The summed E-state index contributed by atoms with van der Waals surface area (Å²) in [5.74, 6) is 0. The Labute approximate surface area is 98.6 Å². The molecule has 0 amide bonds. The fourth-order valence-corrected chi connectivity index (χ4v) is 1.94. The smallest absolute Gasteiger partial charge is 0.138 e. The highest BCUT2D eigenvalue weighted by Gasteiger charge is 2.07. The van der Waals surface area contributed by atoms with Crippen LogP contribution in [0.15, 0.2) is 20.7 Å². The molecule has 16 heavy (non-hydrogen) atoms. The summed E-state index contributed by atoms with van der Waals surface area (Å²) in [6, 6.07) is 0. The number of hydrogen-bond acceptors (Lipinski definition) is 4. The molecule has 0 saturated carbocycles. The highest BCUT2D eigenvalue weighted by atomic mass is 15.6. The Bertz CT molecular complexity index is 201. The van der Waals surface area contributed by atoms with Crippen molar-refractivity contribution in [2.45, 2.75) is 77.3 Å². The summed E-state index contributed by atoms with van der Waals surface area (Å²) in [5, 5.41) is 14.8. The minimum atomic E-state index is 0.0320. The molecule has 92 valence electrons. The zero-order chi connectivity index (χ0) is 11.5. The predicted octanol–water partition coefficient (Wildman–Crippen LogP) is 5.07. The third-order valence-electron chi connectivity index (χ3n) is 2.98. The van der Waals surface area contributed by atoms with E-state index in [0.29, 0.717) is 0 Å². The van der Waals surface area contributed by atoms with E-state index in [-0.39, 0.29) is 6.17 Å². The molecule has 4 nitrogen and oxygen atoms in total. The van der Waals surface area contributed by atoms with Crippen LogP contribution in [0.4, 0.5) is 0 Å². The summed E-state index contributed by atoms with van der Waals surface area (Å²) in [5.41, 5.74) is 0. The van der Waals surface area contributed by atoms with Crippen molar-refractivity contribution in [3.8, 4) is 0 Å². The van der Waals surface area contributed by atoms with Gasteiger partial charge in [0.2, 0.25) is 0 Å². The second kappa shape index (κ2) is 9.43. The zero-order valence-corrected chi connectivity index (χ0v) is 10.4. The first-order valence-electron chi connectivity index (χ1n) is 6.73. The molecular formula is C12H24N4. The minimum absolute atomic E-state index is 0.0320. The SMILES string of the molecule is CCCCCCCCCCCC1N=NN=N1. The van der Waals surface area contributed by atoms with Crippen molar-refractivity contribution in [1.82, 2.24) is 0 Å². The lowest BCUT2D eigenvalue weighted by Gasteiger charge is -2.02. The summed E-state index contributed by atoms with van der Waals surface area (Å²) in [7, 11) is 0. The van der Waals surface area contributed by atoms with Gasteiger partial charge in [0.05, 0.1) is 0 Å². The average molecular weight is 224 g/mol. The van der Waals surface area contributed by atoms with Gasteiger partial charge < -0.3 is 0 Å². The molecule has 0 atom stereocenters. The first kappa shape index (κ1) is 13.3. The van der Waals surface area contributed by atoms with Gasteiger partial charge in [-0.1, -0.05) is 58.3 Å². The zero-order valence-electron chi connectivity index (χ0n) is 10.4. The molecule has 4 heteroatoms. The first-order valence-corrected chi connectivity index (χ1v) is 6.73. The lowest BCUT2D eigenvalue weighted by Crippen LogP contribution is -1.95. The van der Waals surface area contributed by atoms with E-state index >= 15 is 0 Å². The molecule has 0 unspecified atom stereocenters. The van der Waals surface area contributed by atoms with Gasteiger partial charge in [0.15, 0.2) is 6.17 Å². The lowest BCUT2D eigenvalue weighted by atomic mass is 10.1. The van der Waals surface area contributed by atoms with E-state index in [1.54, 1.807) is 0 Å². The van der Waals surface area contributed by atoms with Gasteiger partial charge in [0, 0.05) is 0 Å². The van der Waals surface area contributed by atoms with E-state index in [2.05, 4.69) is 27.6 Å². The highest BCUT2D eigenvalue weighted by Crippen LogP contribution is 2.15. The van der Waals surface area contributed by atoms with Crippen LogP contribution < -0.4 is 0 Å². The molecular weight excluding hydrogens is 200 g/mol. The Hall–Kier alpha value is -0.800. The van der Waals surface area contributed by atoms with Crippen molar-refractivity contribution < 1.29 is 0 Å². The van der Waals surface area contributed by atoms with Gasteiger partial charge in [-0.3, -0.25) is 0 Å². The number of nitrogens with zero attached hydrogens (tertiary/aromatic N) is 4. The third-order valence-corrected chi connectivity index (χ3v) is 2.98. The van der Waals surface area contributed by atoms with Gasteiger partial charge in [-0.2, -0.15) is 0 Å². The van der Waals surface area contributed by atoms with Gasteiger partial charge in [-0.15, -0.1) is 10.2 Å². The molecule has 1 heterocycles. The van der Waals surface area contributed by atoms with E-state index in [1.165, 1.54) is 57.8 Å². The molecule has 0 aliphatic carbocycles. The normalized spacial score (nSPS) is 15.1. The van der Waals surface area contributed by atoms with Crippen molar-refractivity contribution in [2.75, 3.05) is 0 Å². The molecule has 0 radical (unpaired) electrons. The standard InChI is InChI=1S/C12H24N4/c1-2-3-4-5-6-7-8-9-10-11-12-13-15-16-14-12/h12H,2-11H2,1H3. The summed E-state index contributed by atoms with van der Waals surface area (Å²) < 4.78 is 0. The fraction of sp³-hybridized carbons (Fsp3) is 1.00. The molecule has 1 aliphatic rings. The molecule has 0 saturated heterocycles. The lowest BCUT2D eigenvalue weighted by molar-refractivity contribution is 0.529. The van der Waals surface area contributed by atoms with Crippen LogP contribution in [0.25, 0.3) is 0 Å². The molecule has 0 aromatic heterocycles. The molecule has 1 aliphatic heterocycles. The fourth-order valence-electron chi connectivity index (χ4n) is 1.94. The summed E-state index contributed by atoms with van der Waals surface area (Å²) in [6.07, 6.45) is 13.3. The molecule has 0 fully saturated rings. The second-order valence-electron chi connectivity index (χ2n) is 4.51. The van der Waals surface area contributed by atoms with Crippen LogP contribution in [-0.2, 0) is 0 Å². The maximum atomic E-state index is 3.90. The van der Waals surface area contributed by atoms with Gasteiger partial charge >= 0.3 is 0 Å². The van der Waals surface area contributed by atoms with Crippen LogP contribution >= 0.6 is 0 Å². The van der Waals surface area contributed by atoms with Crippen molar-refractivity contribution in [3.05, 3.63) is 0 Å². The van der Waals surface area contributed by atoms with E-state index in [1.807, 2.05) is 0 Å². The predicted molar refractivity (Wildman–Crippen MR) is 65.3 cm³/mol. The maximum absolute atomic E-state index is 3.90. The van der Waals surface area contributed by atoms with Gasteiger partial charge in [-0.05, 0) is 23.3 Å². The van der Waals surface area contributed by atoms with Crippen LogP contribution in [0.2, 0.25) is 0 Å². The van der Waals surface area contributed by atoms with Crippen molar-refractivity contribution in [2.24, 2.45) is 20.7 Å². The Morgan fingerprint density at radius 3 is 1.75 bits per heavy atom. The van der Waals surface area contributed by atoms with E-state index < -0.39 is 0 Å². The highest BCUT2D eigenvalue weighted by molar-refractivity contribution is 4.61. The summed E-state index contributed by atoms with van der Waals surface area (Å²) >= 11 is 0. The quantitative estimate of drug-likeness (QED) is 0.465. The maximum Gasteiger partial charge on any atom is 0.185 e. The van der Waals surface area contributed by atoms with Crippen molar-refractivity contribution in [1.29, 1.82) is 0 Å². The van der Waals surface area contributed by atoms with Crippen LogP contribution in [0.1, 0.15) is 71.1 Å². The number of unbranched alkanes of at least 4 members (excludes halogenated alkanes) is 8. The van der Waals surface area contributed by atoms with Crippen LogP contribution in [-0.4, -0.2) is 6.17 Å². The Morgan fingerprint density at radius 1 is 0.688 bits per heavy atom. The summed E-state index contributed by atoms with van der Waals surface area (Å²) in [6.45, 7) is 2.26. The Morgan fingerprint density at radius 2 is 1.19 bits per heavy atom. The summed E-state index contributed by atoms with van der Waals surface area (Å²) in [4.78, 5) is 0. The van der Waals surface area contributed by atoms with E-state index in [9.17, 15) is 0 Å². The molecule has 0 spiro atoms. The molecule has 0 bridgehead atoms. The van der Waals surface area contributed by atoms with E-state index in [4.69, 9.17) is 0 Å². The van der Waals surface area contributed by atoms with Gasteiger partial charge in [0.1, 0.15) is 0 Å². The van der Waals surface area contributed by atoms with Crippen molar-refractivity contribution in [3.63, 3.8) is 0 Å². The largest absolute Gasteiger partial charge is 0.185 e. The Balaban J connectivity index is 1.74. The second-order valence-corrected chi connectivity index (χ2v) is 4.51. The van der Waals surface area contributed by atoms with E-state index in [0.717, 1.165) is 6.42 Å². The molecule has 0 aromatic rings. The monoisotopic (exact) mass is 224 g/mol. The number of rotatable bonds is 10. The van der Waals surface area contributed by atoms with Crippen molar-refractivity contribution >= 4 is 0 Å². The molecule has 0 N–H and O–H groups in total. The number of hydrogen-bond donors (Lipinski definition) is 0. The van der Waals surface area contributed by atoms with Gasteiger partial charge in [0.25, 0.3) is 0 Å². The van der Waals surface area contributed by atoms with Crippen LogP contribution in [0, 0.1) is 0 Å². The average Bonchev–Trinajstić information content (AvgIpc) is 2.80. The van der Waals surface area contributed by atoms with Crippen LogP contribution in [0.5, 0.6) is 0 Å². The third kappa shape index (κ3) is 6.64. The van der Waals surface area contributed by atoms with Crippen LogP contribution in [0.3, 0.4) is 0 Å². The first-order chi connectivity index (χ1) is 7.93. The molecule has 1 rings (SSSR count). The Kier molecular flexibility index (Phi) is 7.82. The minimum Gasteiger partial charge on any atom is -0.138 e. The van der Waals surface area contributed by atoms with Gasteiger partial charge in [-0.25, -0.2) is 0 Å². The molecule has 0 aromatic carbocycles. The topological polar surface area (TPSA) is 49.4 Å².